The van der Waals surface area contributed by atoms with Crippen LogP contribution < -0.4 is 26.4 Å². The highest BCUT2D eigenvalue weighted by molar-refractivity contribution is 6.06. The predicted molar refractivity (Wildman–Crippen MR) is 154 cm³/mol. The van der Waals surface area contributed by atoms with Gasteiger partial charge in [0.1, 0.15) is 5.70 Å². The lowest BCUT2D eigenvalue weighted by molar-refractivity contribution is -0.117. The third kappa shape index (κ3) is 7.97. The van der Waals surface area contributed by atoms with E-state index in [0.717, 1.165) is 16.7 Å². The summed E-state index contributed by atoms with van der Waals surface area (Å²) in [6.45, 7) is 15.7. The third-order valence-corrected chi connectivity index (χ3v) is 6.24. The first-order valence-corrected chi connectivity index (χ1v) is 13.1. The lowest BCUT2D eigenvalue weighted by atomic mass is 9.85. The number of benzene rings is 2. The first kappa shape index (κ1) is 30.0. The molecule has 0 saturated carbocycles. The van der Waals surface area contributed by atoms with Crippen LogP contribution in [-0.4, -0.2) is 38.7 Å². The Kier molecular flexibility index (Phi) is 9.30. The van der Waals surface area contributed by atoms with E-state index in [9.17, 15) is 9.59 Å². The van der Waals surface area contributed by atoms with Crippen molar-refractivity contribution in [3.63, 3.8) is 0 Å². The van der Waals surface area contributed by atoms with Gasteiger partial charge in [-0.05, 0) is 53.1 Å². The Bertz CT molecular complexity index is 1240. The summed E-state index contributed by atoms with van der Waals surface area (Å²) in [4.78, 5) is 25.7. The predicted octanol–water partition coefficient (Wildman–Crippen LogP) is 4.97. The van der Waals surface area contributed by atoms with E-state index in [1.807, 2.05) is 45.9 Å². The van der Waals surface area contributed by atoms with Crippen LogP contribution in [0.5, 0.6) is 5.75 Å². The second-order valence-corrected chi connectivity index (χ2v) is 11.9. The van der Waals surface area contributed by atoms with Crippen molar-refractivity contribution < 1.29 is 23.8 Å². The number of nitrogens with two attached hydrogens (primary N) is 1. The summed E-state index contributed by atoms with van der Waals surface area (Å²) >= 11 is 0. The summed E-state index contributed by atoms with van der Waals surface area (Å²) in [5.41, 5.74) is 9.98. The topological polar surface area (TPSA) is 124 Å². The normalized spacial score (nSPS) is 14.7. The number of anilines is 2. The van der Waals surface area contributed by atoms with Gasteiger partial charge in [-0.25, -0.2) is 0 Å². The molecule has 5 N–H and O–H groups in total. The van der Waals surface area contributed by atoms with Crippen LogP contribution in [0.2, 0.25) is 0 Å². The van der Waals surface area contributed by atoms with Crippen LogP contribution >= 0.6 is 0 Å². The van der Waals surface area contributed by atoms with E-state index in [4.69, 9.17) is 19.9 Å². The zero-order valence-corrected chi connectivity index (χ0v) is 24.3. The molecule has 1 heterocycles. The van der Waals surface area contributed by atoms with E-state index in [1.165, 1.54) is 6.20 Å². The number of methoxy groups -OCH3 is 1. The van der Waals surface area contributed by atoms with Gasteiger partial charge in [0.2, 0.25) is 0 Å². The SMILES string of the molecule is COc1c(NC(=O)c2ccc(C)c(N/C=C(\N)C(=O)NCC(C)(C)C)c2)cc(C(C)(C)C)cc1C1OCCO1. The fourth-order valence-corrected chi connectivity index (χ4v) is 3.90. The molecule has 0 aromatic heterocycles. The summed E-state index contributed by atoms with van der Waals surface area (Å²) in [6, 6.07) is 9.21. The van der Waals surface area contributed by atoms with Crippen molar-refractivity contribution in [1.82, 2.24) is 5.32 Å². The summed E-state index contributed by atoms with van der Waals surface area (Å²) in [5, 5.41) is 8.88. The Balaban J connectivity index is 1.85. The molecule has 0 unspecified atom stereocenters. The fourth-order valence-electron chi connectivity index (χ4n) is 3.90. The molecule has 9 heteroatoms. The molecule has 0 bridgehead atoms. The van der Waals surface area contributed by atoms with E-state index in [2.05, 4.69) is 36.7 Å². The first-order chi connectivity index (χ1) is 18.2. The molecule has 1 saturated heterocycles. The molecule has 3 rings (SSSR count). The van der Waals surface area contributed by atoms with Gasteiger partial charge >= 0.3 is 0 Å². The lowest BCUT2D eigenvalue weighted by Crippen LogP contribution is -2.35. The average Bonchev–Trinajstić information content (AvgIpc) is 3.40. The van der Waals surface area contributed by atoms with Crippen molar-refractivity contribution in [2.45, 2.75) is 60.2 Å². The number of carbonyl (C=O) groups is 2. The highest BCUT2D eigenvalue weighted by atomic mass is 16.7. The number of aryl methyl sites for hydroxylation is 1. The first-order valence-electron chi connectivity index (χ1n) is 13.1. The highest BCUT2D eigenvalue weighted by Gasteiger charge is 2.28. The van der Waals surface area contributed by atoms with Gasteiger partial charge in [-0.2, -0.15) is 0 Å². The van der Waals surface area contributed by atoms with E-state index in [0.29, 0.717) is 42.4 Å². The monoisotopic (exact) mass is 538 g/mol. The molecule has 0 radical (unpaired) electrons. The van der Waals surface area contributed by atoms with E-state index in [1.54, 1.807) is 19.2 Å². The van der Waals surface area contributed by atoms with Crippen molar-refractivity contribution in [1.29, 1.82) is 0 Å². The summed E-state index contributed by atoms with van der Waals surface area (Å²) in [7, 11) is 1.56. The molecule has 2 aromatic carbocycles. The van der Waals surface area contributed by atoms with Gasteiger partial charge < -0.3 is 35.9 Å². The number of carbonyl (C=O) groups excluding carboxylic acids is 2. The van der Waals surface area contributed by atoms with Gasteiger partial charge in [-0.3, -0.25) is 9.59 Å². The molecular formula is C30H42N4O5. The Labute approximate surface area is 231 Å². The summed E-state index contributed by atoms with van der Waals surface area (Å²) in [6.07, 6.45) is 0.872. The number of rotatable bonds is 8. The van der Waals surface area contributed by atoms with Crippen LogP contribution in [0.25, 0.3) is 0 Å². The van der Waals surface area contributed by atoms with Gasteiger partial charge in [0.05, 0.1) is 31.6 Å². The van der Waals surface area contributed by atoms with Gasteiger partial charge in [-0.15, -0.1) is 0 Å². The van der Waals surface area contributed by atoms with Crippen LogP contribution in [0.3, 0.4) is 0 Å². The largest absolute Gasteiger partial charge is 0.494 e. The van der Waals surface area contributed by atoms with E-state index < -0.39 is 6.29 Å². The Morgan fingerprint density at radius 2 is 1.72 bits per heavy atom. The molecule has 2 amide bonds. The van der Waals surface area contributed by atoms with Crippen LogP contribution in [0.4, 0.5) is 11.4 Å². The Hall–Kier alpha value is -3.56. The van der Waals surface area contributed by atoms with Crippen molar-refractivity contribution >= 4 is 23.2 Å². The third-order valence-electron chi connectivity index (χ3n) is 6.24. The number of hydrogen-bond donors (Lipinski definition) is 4. The van der Waals surface area contributed by atoms with Crippen molar-refractivity contribution in [2.24, 2.45) is 11.1 Å². The van der Waals surface area contributed by atoms with Gasteiger partial charge in [0.15, 0.2) is 12.0 Å². The van der Waals surface area contributed by atoms with Gasteiger partial charge in [-0.1, -0.05) is 47.6 Å². The quantitative estimate of drug-likeness (QED) is 0.350. The fraction of sp³-hybridized carbons (Fsp3) is 0.467. The van der Waals surface area contributed by atoms with E-state index >= 15 is 0 Å². The number of ether oxygens (including phenoxy) is 3. The Morgan fingerprint density at radius 3 is 2.31 bits per heavy atom. The standard InChI is InChI=1S/C30H42N4O5/c1-18-9-10-19(13-23(18)32-16-22(31)27(36)33-17-29(2,3)4)26(35)34-24-15-20(30(5,6)7)14-21(25(24)37-8)28-38-11-12-39-28/h9-10,13-16,28,32H,11-12,17,31H2,1-8H3,(H,33,36)(H,34,35)/b22-16-. The molecule has 212 valence electrons. The molecule has 39 heavy (non-hydrogen) atoms. The number of nitrogens with one attached hydrogen (secondary N) is 3. The maximum absolute atomic E-state index is 13.4. The summed E-state index contributed by atoms with van der Waals surface area (Å²) < 4.78 is 17.2. The van der Waals surface area contributed by atoms with Crippen LogP contribution in [0, 0.1) is 12.3 Å². The molecule has 0 aliphatic carbocycles. The van der Waals surface area contributed by atoms with Crippen molar-refractivity contribution in [3.8, 4) is 5.75 Å². The minimum absolute atomic E-state index is 0.0427. The van der Waals surface area contributed by atoms with Crippen molar-refractivity contribution in [2.75, 3.05) is 37.5 Å². The van der Waals surface area contributed by atoms with E-state index in [-0.39, 0.29) is 28.3 Å². The maximum Gasteiger partial charge on any atom is 0.268 e. The second kappa shape index (κ2) is 12.1. The molecule has 0 spiro atoms. The second-order valence-electron chi connectivity index (χ2n) is 11.9. The summed E-state index contributed by atoms with van der Waals surface area (Å²) in [5.74, 6) is -0.187. The molecule has 9 nitrogen and oxygen atoms in total. The minimum Gasteiger partial charge on any atom is -0.494 e. The molecule has 2 aromatic rings. The highest BCUT2D eigenvalue weighted by Crippen LogP contribution is 2.41. The molecule has 1 aliphatic rings. The van der Waals surface area contributed by atoms with Crippen LogP contribution in [-0.2, 0) is 19.7 Å². The Morgan fingerprint density at radius 1 is 1.05 bits per heavy atom. The molecule has 0 atom stereocenters. The zero-order chi connectivity index (χ0) is 29.0. The van der Waals surface area contributed by atoms with Crippen LogP contribution in [0.15, 0.2) is 42.2 Å². The van der Waals surface area contributed by atoms with Gasteiger partial charge in [0.25, 0.3) is 11.8 Å². The molecular weight excluding hydrogens is 496 g/mol. The zero-order valence-electron chi connectivity index (χ0n) is 24.3. The van der Waals surface area contributed by atoms with Crippen molar-refractivity contribution in [3.05, 3.63) is 64.5 Å². The number of amides is 2. The van der Waals surface area contributed by atoms with Crippen LogP contribution in [0.1, 0.15) is 74.9 Å². The average molecular weight is 539 g/mol. The van der Waals surface area contributed by atoms with Gasteiger partial charge in [0, 0.05) is 24.0 Å². The smallest absolute Gasteiger partial charge is 0.268 e. The minimum atomic E-state index is -0.564. The maximum atomic E-state index is 13.4. The molecule has 1 fully saturated rings. The molecule has 1 aliphatic heterocycles. The lowest BCUT2D eigenvalue weighted by Gasteiger charge is -2.25. The number of hydrogen-bond acceptors (Lipinski definition) is 7.